The van der Waals surface area contributed by atoms with Crippen molar-refractivity contribution < 1.29 is 4.39 Å². The van der Waals surface area contributed by atoms with Gasteiger partial charge < -0.3 is 5.32 Å². The highest BCUT2D eigenvalue weighted by molar-refractivity contribution is 5.51. The Labute approximate surface area is 94.9 Å². The van der Waals surface area contributed by atoms with Gasteiger partial charge in [0, 0.05) is 17.8 Å². The van der Waals surface area contributed by atoms with Crippen molar-refractivity contribution in [1.29, 1.82) is 0 Å². The Morgan fingerprint density at radius 2 is 1.75 bits per heavy atom. The molecule has 0 aliphatic heterocycles. The minimum atomic E-state index is -0.168. The summed E-state index contributed by atoms with van der Waals surface area (Å²) in [6, 6.07) is 15.1. The first kappa shape index (κ1) is 10.7. The van der Waals surface area contributed by atoms with Crippen LogP contribution in [0.3, 0.4) is 0 Å². The SMILES string of the molecule is Cc1c(F)cccc1NCc1ccccc1. The molecule has 0 aromatic heterocycles. The van der Waals surface area contributed by atoms with Gasteiger partial charge in [-0.2, -0.15) is 0 Å². The first-order valence-electron chi connectivity index (χ1n) is 5.30. The molecule has 16 heavy (non-hydrogen) atoms. The fourth-order valence-corrected chi connectivity index (χ4v) is 1.59. The fraction of sp³-hybridized carbons (Fsp3) is 0.143. The second-order valence-corrected chi connectivity index (χ2v) is 3.75. The molecule has 2 aromatic rings. The summed E-state index contributed by atoms with van der Waals surface area (Å²) in [7, 11) is 0. The lowest BCUT2D eigenvalue weighted by atomic mass is 10.1. The number of rotatable bonds is 3. The number of nitrogens with one attached hydrogen (secondary N) is 1. The summed E-state index contributed by atoms with van der Waals surface area (Å²) in [5, 5.41) is 3.23. The molecular formula is C14H14FN. The first-order valence-corrected chi connectivity index (χ1v) is 5.30. The van der Waals surface area contributed by atoms with E-state index in [2.05, 4.69) is 5.32 Å². The smallest absolute Gasteiger partial charge is 0.128 e. The van der Waals surface area contributed by atoms with Crippen molar-refractivity contribution in [1.82, 2.24) is 0 Å². The maximum absolute atomic E-state index is 13.3. The molecule has 1 N–H and O–H groups in total. The Balaban J connectivity index is 2.08. The lowest BCUT2D eigenvalue weighted by Crippen LogP contribution is -2.01. The van der Waals surface area contributed by atoms with Crippen LogP contribution in [0.25, 0.3) is 0 Å². The summed E-state index contributed by atoms with van der Waals surface area (Å²) in [4.78, 5) is 0. The summed E-state index contributed by atoms with van der Waals surface area (Å²) in [5.41, 5.74) is 2.70. The topological polar surface area (TPSA) is 12.0 Å². The average Bonchev–Trinajstić information content (AvgIpc) is 2.32. The molecule has 0 spiro atoms. The Kier molecular flexibility index (Phi) is 3.20. The van der Waals surface area contributed by atoms with Crippen molar-refractivity contribution in [3.63, 3.8) is 0 Å². The molecule has 0 radical (unpaired) electrons. The van der Waals surface area contributed by atoms with E-state index in [9.17, 15) is 4.39 Å². The molecule has 0 heterocycles. The van der Waals surface area contributed by atoms with E-state index in [4.69, 9.17) is 0 Å². The lowest BCUT2D eigenvalue weighted by molar-refractivity contribution is 0.619. The van der Waals surface area contributed by atoms with Crippen LogP contribution in [-0.2, 0) is 6.54 Å². The van der Waals surface area contributed by atoms with Crippen molar-refractivity contribution in [3.05, 3.63) is 65.5 Å². The van der Waals surface area contributed by atoms with Gasteiger partial charge in [-0.05, 0) is 24.6 Å². The van der Waals surface area contributed by atoms with E-state index in [0.29, 0.717) is 12.1 Å². The Hall–Kier alpha value is -1.83. The van der Waals surface area contributed by atoms with Gasteiger partial charge in [-0.1, -0.05) is 36.4 Å². The second kappa shape index (κ2) is 4.79. The molecule has 2 heteroatoms. The van der Waals surface area contributed by atoms with Gasteiger partial charge in [0.25, 0.3) is 0 Å². The van der Waals surface area contributed by atoms with Crippen molar-refractivity contribution in [2.45, 2.75) is 13.5 Å². The Morgan fingerprint density at radius 1 is 1.00 bits per heavy atom. The van der Waals surface area contributed by atoms with Gasteiger partial charge in [0.2, 0.25) is 0 Å². The van der Waals surface area contributed by atoms with Crippen LogP contribution in [0.4, 0.5) is 10.1 Å². The standard InChI is InChI=1S/C14H14FN/c1-11-13(15)8-5-9-14(11)16-10-12-6-3-2-4-7-12/h2-9,16H,10H2,1H3. The zero-order chi connectivity index (χ0) is 11.4. The third-order valence-corrected chi connectivity index (χ3v) is 2.59. The molecule has 0 fully saturated rings. The van der Waals surface area contributed by atoms with Gasteiger partial charge in [0.1, 0.15) is 5.82 Å². The predicted octanol–water partition coefficient (Wildman–Crippen LogP) is 3.75. The molecule has 0 unspecified atom stereocenters. The molecule has 0 saturated carbocycles. The zero-order valence-corrected chi connectivity index (χ0v) is 9.20. The monoisotopic (exact) mass is 215 g/mol. The maximum atomic E-state index is 13.3. The van der Waals surface area contributed by atoms with Crippen molar-refractivity contribution in [2.75, 3.05) is 5.32 Å². The summed E-state index contributed by atoms with van der Waals surface area (Å²) in [6.07, 6.45) is 0. The van der Waals surface area contributed by atoms with Gasteiger partial charge >= 0.3 is 0 Å². The maximum Gasteiger partial charge on any atom is 0.128 e. The Morgan fingerprint density at radius 3 is 2.50 bits per heavy atom. The van der Waals surface area contributed by atoms with E-state index >= 15 is 0 Å². The van der Waals surface area contributed by atoms with E-state index in [-0.39, 0.29) is 5.82 Å². The molecule has 0 amide bonds. The fourth-order valence-electron chi connectivity index (χ4n) is 1.59. The normalized spacial score (nSPS) is 10.1. The highest BCUT2D eigenvalue weighted by atomic mass is 19.1. The van der Waals surface area contributed by atoms with E-state index in [1.165, 1.54) is 11.6 Å². The highest BCUT2D eigenvalue weighted by Gasteiger charge is 2.02. The van der Waals surface area contributed by atoms with Crippen LogP contribution < -0.4 is 5.32 Å². The number of benzene rings is 2. The van der Waals surface area contributed by atoms with Crippen molar-refractivity contribution >= 4 is 5.69 Å². The van der Waals surface area contributed by atoms with Gasteiger partial charge in [0.15, 0.2) is 0 Å². The molecule has 2 aromatic carbocycles. The van der Waals surface area contributed by atoms with Crippen LogP contribution in [0.15, 0.2) is 48.5 Å². The van der Waals surface area contributed by atoms with Crippen molar-refractivity contribution in [3.8, 4) is 0 Å². The van der Waals surface area contributed by atoms with Gasteiger partial charge in [0.05, 0.1) is 0 Å². The summed E-state index contributed by atoms with van der Waals surface area (Å²) in [6.45, 7) is 2.49. The molecule has 0 aliphatic rings. The van der Waals surface area contributed by atoms with E-state index in [1.54, 1.807) is 13.0 Å². The number of anilines is 1. The van der Waals surface area contributed by atoms with Crippen LogP contribution >= 0.6 is 0 Å². The number of hydrogen-bond donors (Lipinski definition) is 1. The Bertz CT molecular complexity index is 465. The minimum Gasteiger partial charge on any atom is -0.381 e. The number of hydrogen-bond acceptors (Lipinski definition) is 1. The molecule has 82 valence electrons. The van der Waals surface area contributed by atoms with Crippen LogP contribution in [0.1, 0.15) is 11.1 Å². The van der Waals surface area contributed by atoms with Gasteiger partial charge in [-0.3, -0.25) is 0 Å². The van der Waals surface area contributed by atoms with Crippen LogP contribution in [0.5, 0.6) is 0 Å². The third-order valence-electron chi connectivity index (χ3n) is 2.59. The summed E-state index contributed by atoms with van der Waals surface area (Å²) in [5.74, 6) is -0.168. The summed E-state index contributed by atoms with van der Waals surface area (Å²) < 4.78 is 13.3. The molecule has 0 atom stereocenters. The lowest BCUT2D eigenvalue weighted by Gasteiger charge is -2.09. The third kappa shape index (κ3) is 2.40. The molecule has 0 bridgehead atoms. The first-order chi connectivity index (χ1) is 7.77. The largest absolute Gasteiger partial charge is 0.381 e. The molecule has 0 saturated heterocycles. The molecule has 2 rings (SSSR count). The van der Waals surface area contributed by atoms with Crippen LogP contribution in [0, 0.1) is 12.7 Å². The van der Waals surface area contributed by atoms with E-state index < -0.39 is 0 Å². The van der Waals surface area contributed by atoms with Crippen LogP contribution in [0.2, 0.25) is 0 Å². The van der Waals surface area contributed by atoms with E-state index in [1.807, 2.05) is 36.4 Å². The zero-order valence-electron chi connectivity index (χ0n) is 9.20. The van der Waals surface area contributed by atoms with Crippen molar-refractivity contribution in [2.24, 2.45) is 0 Å². The second-order valence-electron chi connectivity index (χ2n) is 3.75. The quantitative estimate of drug-likeness (QED) is 0.822. The van der Waals surface area contributed by atoms with Crippen LogP contribution in [-0.4, -0.2) is 0 Å². The highest BCUT2D eigenvalue weighted by Crippen LogP contribution is 2.18. The van der Waals surface area contributed by atoms with Gasteiger partial charge in [-0.25, -0.2) is 4.39 Å². The minimum absolute atomic E-state index is 0.168. The average molecular weight is 215 g/mol. The summed E-state index contributed by atoms with van der Waals surface area (Å²) >= 11 is 0. The predicted molar refractivity (Wildman–Crippen MR) is 64.9 cm³/mol. The number of halogens is 1. The molecule has 0 aliphatic carbocycles. The van der Waals surface area contributed by atoms with E-state index in [0.717, 1.165) is 5.69 Å². The molecular weight excluding hydrogens is 201 g/mol. The molecule has 1 nitrogen and oxygen atoms in total. The van der Waals surface area contributed by atoms with Gasteiger partial charge in [-0.15, -0.1) is 0 Å².